The number of allylic oxidation sites excluding steroid dienone is 20. The second-order valence-corrected chi connectivity index (χ2v) is 22.7. The van der Waals surface area contributed by atoms with Crippen LogP contribution in [0, 0.1) is 0 Å². The Morgan fingerprint density at radius 2 is 0.476 bits per heavy atom. The maximum atomic E-state index is 12.9. The van der Waals surface area contributed by atoms with E-state index in [1.165, 1.54) is 148 Å². The van der Waals surface area contributed by atoms with Gasteiger partial charge in [-0.05, 0) is 116 Å². The summed E-state index contributed by atoms with van der Waals surface area (Å²) in [6.45, 7) is 6.52. The normalized spacial score (nSPS) is 12.9. The molecule has 0 N–H and O–H groups in total. The molecule has 1 unspecified atom stereocenters. The van der Waals surface area contributed by atoms with Crippen LogP contribution in [0.25, 0.3) is 0 Å². The van der Waals surface area contributed by atoms with Crippen molar-refractivity contribution in [3.05, 3.63) is 122 Å². The molecule has 0 aromatic carbocycles. The number of hydrogen-bond donors (Lipinski definition) is 0. The second kappa shape index (κ2) is 69.3. The van der Waals surface area contributed by atoms with Gasteiger partial charge in [-0.25, -0.2) is 0 Å². The summed E-state index contributed by atoms with van der Waals surface area (Å²) in [5.41, 5.74) is 0. The highest BCUT2D eigenvalue weighted by atomic mass is 16.6. The Hall–Kier alpha value is -4.19. The Morgan fingerprint density at radius 1 is 0.256 bits per heavy atom. The van der Waals surface area contributed by atoms with E-state index in [2.05, 4.69) is 142 Å². The number of carbonyl (C=O) groups excluding carboxylic acids is 3. The number of carbonyl (C=O) groups is 3. The molecule has 0 spiro atoms. The summed E-state index contributed by atoms with van der Waals surface area (Å²) in [5, 5.41) is 0. The fourth-order valence-electron chi connectivity index (χ4n) is 9.55. The highest BCUT2D eigenvalue weighted by molar-refractivity contribution is 5.71. The molecule has 0 aliphatic heterocycles. The number of ether oxygens (including phenoxy) is 3. The lowest BCUT2D eigenvalue weighted by atomic mass is 10.0. The highest BCUT2D eigenvalue weighted by Gasteiger charge is 2.19. The van der Waals surface area contributed by atoms with Crippen LogP contribution in [0.4, 0.5) is 0 Å². The minimum absolute atomic E-state index is 0.0848. The lowest BCUT2D eigenvalue weighted by Crippen LogP contribution is -2.30. The molecule has 0 saturated carbocycles. The summed E-state index contributed by atoms with van der Waals surface area (Å²) in [4.78, 5) is 38.4. The van der Waals surface area contributed by atoms with Gasteiger partial charge in [0.2, 0.25) is 0 Å². The van der Waals surface area contributed by atoms with Crippen LogP contribution in [0.2, 0.25) is 0 Å². The van der Waals surface area contributed by atoms with Crippen molar-refractivity contribution in [3.8, 4) is 0 Å². The second-order valence-electron chi connectivity index (χ2n) is 22.7. The first-order valence-electron chi connectivity index (χ1n) is 34.5. The molecule has 0 amide bonds. The molecule has 6 heteroatoms. The van der Waals surface area contributed by atoms with E-state index in [-0.39, 0.29) is 31.1 Å². The zero-order chi connectivity index (χ0) is 59.2. The van der Waals surface area contributed by atoms with Gasteiger partial charge in [-0.3, -0.25) is 14.4 Å². The number of rotatable bonds is 62. The van der Waals surface area contributed by atoms with Gasteiger partial charge in [0, 0.05) is 19.3 Å². The van der Waals surface area contributed by atoms with Gasteiger partial charge in [-0.1, -0.05) is 309 Å². The van der Waals surface area contributed by atoms with Crippen LogP contribution in [-0.2, 0) is 28.6 Å². The molecule has 0 aromatic rings. The largest absolute Gasteiger partial charge is 0.462 e. The fraction of sp³-hybridized carbons (Fsp3) is 0.697. The van der Waals surface area contributed by atoms with Crippen molar-refractivity contribution in [1.82, 2.24) is 0 Å². The van der Waals surface area contributed by atoms with Crippen molar-refractivity contribution in [3.63, 3.8) is 0 Å². The van der Waals surface area contributed by atoms with Crippen molar-refractivity contribution >= 4 is 17.9 Å². The zero-order valence-corrected chi connectivity index (χ0v) is 53.7. The van der Waals surface area contributed by atoms with E-state index in [1.54, 1.807) is 0 Å². The summed E-state index contributed by atoms with van der Waals surface area (Å²) in [6, 6.07) is 0. The maximum absolute atomic E-state index is 12.9. The maximum Gasteiger partial charge on any atom is 0.306 e. The van der Waals surface area contributed by atoms with Gasteiger partial charge in [-0.15, -0.1) is 0 Å². The van der Waals surface area contributed by atoms with Crippen LogP contribution >= 0.6 is 0 Å². The molecule has 0 saturated heterocycles. The number of unbranched alkanes of at least 4 members (excludes halogenated alkanes) is 31. The Labute approximate surface area is 507 Å². The van der Waals surface area contributed by atoms with Crippen LogP contribution in [0.1, 0.15) is 323 Å². The summed E-state index contributed by atoms with van der Waals surface area (Å²) in [7, 11) is 0. The molecule has 6 nitrogen and oxygen atoms in total. The first kappa shape index (κ1) is 77.8. The molecule has 0 fully saturated rings. The summed E-state index contributed by atoms with van der Waals surface area (Å²) in [5.74, 6) is -0.897. The van der Waals surface area contributed by atoms with Gasteiger partial charge >= 0.3 is 17.9 Å². The Morgan fingerprint density at radius 3 is 0.756 bits per heavy atom. The lowest BCUT2D eigenvalue weighted by molar-refractivity contribution is -0.167. The van der Waals surface area contributed by atoms with Crippen LogP contribution < -0.4 is 0 Å². The third kappa shape index (κ3) is 66.6. The average molecular weight is 1140 g/mol. The van der Waals surface area contributed by atoms with E-state index in [1.807, 2.05) is 0 Å². The minimum Gasteiger partial charge on any atom is -0.462 e. The van der Waals surface area contributed by atoms with Crippen LogP contribution in [0.5, 0.6) is 0 Å². The summed E-state index contributed by atoms with van der Waals surface area (Å²) < 4.78 is 17.0. The predicted molar refractivity (Wildman–Crippen MR) is 357 cm³/mol. The zero-order valence-electron chi connectivity index (χ0n) is 53.7. The van der Waals surface area contributed by atoms with E-state index in [0.717, 1.165) is 135 Å². The number of hydrogen-bond acceptors (Lipinski definition) is 6. The molecule has 82 heavy (non-hydrogen) atoms. The van der Waals surface area contributed by atoms with Crippen molar-refractivity contribution in [2.45, 2.75) is 329 Å². The van der Waals surface area contributed by atoms with Crippen LogP contribution in [-0.4, -0.2) is 37.2 Å². The Balaban J connectivity index is 4.36. The minimum atomic E-state index is -0.791. The third-order valence-electron chi connectivity index (χ3n) is 14.7. The Bertz CT molecular complexity index is 1690. The van der Waals surface area contributed by atoms with E-state index in [4.69, 9.17) is 14.2 Å². The first-order valence-corrected chi connectivity index (χ1v) is 34.5. The Kier molecular flexibility index (Phi) is 65.8. The van der Waals surface area contributed by atoms with Crippen molar-refractivity contribution in [1.29, 1.82) is 0 Å². The smallest absolute Gasteiger partial charge is 0.306 e. The molecular formula is C76H128O6. The van der Waals surface area contributed by atoms with E-state index in [9.17, 15) is 14.4 Å². The van der Waals surface area contributed by atoms with Gasteiger partial charge in [0.25, 0.3) is 0 Å². The van der Waals surface area contributed by atoms with Crippen molar-refractivity contribution in [2.75, 3.05) is 13.2 Å². The molecule has 0 aliphatic carbocycles. The molecule has 1 atom stereocenters. The first-order chi connectivity index (χ1) is 40.5. The van der Waals surface area contributed by atoms with Gasteiger partial charge in [-0.2, -0.15) is 0 Å². The molecule has 0 radical (unpaired) electrons. The van der Waals surface area contributed by atoms with Crippen molar-refractivity contribution in [2.24, 2.45) is 0 Å². The van der Waals surface area contributed by atoms with Crippen LogP contribution in [0.15, 0.2) is 122 Å². The van der Waals surface area contributed by atoms with Gasteiger partial charge in [0.15, 0.2) is 6.10 Å². The summed E-state index contributed by atoms with van der Waals surface area (Å²) >= 11 is 0. The standard InChI is InChI=1S/C76H128O6/c1-4-7-10-13-16-19-22-25-28-30-32-33-34-35-36-37-38-39-40-41-42-43-44-46-48-51-54-57-60-63-66-69-75(78)81-72-73(71-80-74(77)68-65-62-59-56-53-50-47-27-24-21-18-15-12-9-6-3)82-76(79)70-67-64-61-58-55-52-49-45-31-29-26-23-20-17-14-11-8-5-2/h7,10,16,19-20,23,25,28-29,31-33,35-36,38-39,41-42,44,46,73H,4-6,8-9,11-15,17-18,21-22,24,26-27,30,34,37,40,43,45,47-72H2,1-3H3/b10-7-,19-16-,23-20-,28-25-,31-29-,33-32-,36-35-,39-38-,42-41-,46-44-. The third-order valence-corrected chi connectivity index (χ3v) is 14.7. The summed E-state index contributed by atoms with van der Waals surface area (Å²) in [6.07, 6.45) is 96.3. The van der Waals surface area contributed by atoms with Gasteiger partial charge in [0.1, 0.15) is 13.2 Å². The van der Waals surface area contributed by atoms with E-state index >= 15 is 0 Å². The fourth-order valence-corrected chi connectivity index (χ4v) is 9.55. The highest BCUT2D eigenvalue weighted by Crippen LogP contribution is 2.16. The number of esters is 3. The molecule has 0 aromatic heterocycles. The van der Waals surface area contributed by atoms with Crippen molar-refractivity contribution < 1.29 is 28.6 Å². The quantitative estimate of drug-likeness (QED) is 0.0261. The van der Waals surface area contributed by atoms with E-state index < -0.39 is 6.10 Å². The molecule has 0 aliphatic rings. The molecule has 0 rings (SSSR count). The molecular weight excluding hydrogens is 1010 g/mol. The van der Waals surface area contributed by atoms with Crippen LogP contribution in [0.3, 0.4) is 0 Å². The van der Waals surface area contributed by atoms with E-state index in [0.29, 0.717) is 19.3 Å². The predicted octanol–water partition coefficient (Wildman–Crippen LogP) is 23.9. The molecule has 468 valence electrons. The molecule has 0 heterocycles. The topological polar surface area (TPSA) is 78.9 Å². The average Bonchev–Trinajstić information content (AvgIpc) is 3.47. The molecule has 0 bridgehead atoms. The SMILES string of the molecule is CC/C=C\C/C=C\C/C=C\C/C=C\C/C=C\C/C=C\C/C=C\C/C=C\CCCCCCCCC(=O)OCC(COC(=O)CCCCCCCCCCCCCCCCC)OC(=O)CCCCCCCCC/C=C\C/C=C\CCCCCC. The lowest BCUT2D eigenvalue weighted by Gasteiger charge is -2.18. The van der Waals surface area contributed by atoms with Gasteiger partial charge in [0.05, 0.1) is 0 Å². The monoisotopic (exact) mass is 1140 g/mol. The van der Waals surface area contributed by atoms with Gasteiger partial charge < -0.3 is 14.2 Å².